The normalized spacial score (nSPS) is 31.3. The monoisotopic (exact) mass is 306 g/mol. The van der Waals surface area contributed by atoms with Crippen molar-refractivity contribution in [1.29, 1.82) is 0 Å². The van der Waals surface area contributed by atoms with Crippen LogP contribution in [0.2, 0.25) is 0 Å². The van der Waals surface area contributed by atoms with E-state index in [1.807, 2.05) is 0 Å². The molecule has 0 amide bonds. The van der Waals surface area contributed by atoms with Gasteiger partial charge in [-0.3, -0.25) is 0 Å². The number of hydrogen-bond acceptors (Lipinski definition) is 7. The summed E-state index contributed by atoms with van der Waals surface area (Å²) < 4.78 is 6.94. The number of rotatable bonds is 3. The van der Waals surface area contributed by atoms with Crippen molar-refractivity contribution in [3.63, 3.8) is 0 Å². The molecular formula is C12H14N6O4. The maximum Gasteiger partial charge on any atom is 0.199 e. The van der Waals surface area contributed by atoms with E-state index in [1.165, 1.54) is 10.7 Å². The summed E-state index contributed by atoms with van der Waals surface area (Å²) in [6.45, 7) is -0.773. The molecule has 1 saturated heterocycles. The van der Waals surface area contributed by atoms with Crippen molar-refractivity contribution in [3.8, 4) is 0 Å². The van der Waals surface area contributed by atoms with Gasteiger partial charge < -0.3 is 25.8 Å². The van der Waals surface area contributed by atoms with E-state index in [1.54, 1.807) is 18.2 Å². The highest BCUT2D eigenvalue weighted by atomic mass is 16.6. The number of aliphatic hydroxyl groups excluding tert-OH is 3. The molecular weight excluding hydrogens is 292 g/mol. The number of ether oxygens (including phenoxy) is 1. The second-order valence-electron chi connectivity index (χ2n) is 5.01. The van der Waals surface area contributed by atoms with Crippen molar-refractivity contribution in [2.24, 2.45) is 5.11 Å². The average Bonchev–Trinajstić information content (AvgIpc) is 3.04. The molecule has 0 unspecified atom stereocenters. The first-order chi connectivity index (χ1) is 10.5. The molecule has 10 heteroatoms. The van der Waals surface area contributed by atoms with Crippen LogP contribution in [0.15, 0.2) is 29.5 Å². The van der Waals surface area contributed by atoms with Gasteiger partial charge in [0.15, 0.2) is 5.72 Å². The van der Waals surface area contributed by atoms with Crippen molar-refractivity contribution in [2.45, 2.75) is 24.0 Å². The Morgan fingerprint density at radius 2 is 2.23 bits per heavy atom. The van der Waals surface area contributed by atoms with Crippen LogP contribution in [0.5, 0.6) is 0 Å². The van der Waals surface area contributed by atoms with Crippen molar-refractivity contribution < 1.29 is 20.1 Å². The highest BCUT2D eigenvalue weighted by Gasteiger charge is 2.55. The lowest BCUT2D eigenvalue weighted by molar-refractivity contribution is -0.108. The van der Waals surface area contributed by atoms with Crippen molar-refractivity contribution in [1.82, 2.24) is 9.61 Å². The number of nitrogens with two attached hydrogens (primary N) is 1. The van der Waals surface area contributed by atoms with Crippen molar-refractivity contribution in [3.05, 3.63) is 40.5 Å². The van der Waals surface area contributed by atoms with Gasteiger partial charge in [-0.2, -0.15) is 5.10 Å². The summed E-state index contributed by atoms with van der Waals surface area (Å²) in [4.78, 5) is 2.56. The van der Waals surface area contributed by atoms with Gasteiger partial charge in [-0.15, -0.1) is 0 Å². The number of nitrogens with zero attached hydrogens (tertiary/aromatic N) is 5. The van der Waals surface area contributed by atoms with Crippen LogP contribution in [0.4, 0.5) is 5.69 Å². The summed E-state index contributed by atoms with van der Waals surface area (Å²) >= 11 is 0. The number of fused-ring (bicyclic) bond motifs is 1. The van der Waals surface area contributed by atoms with Gasteiger partial charge in [0.1, 0.15) is 18.3 Å². The predicted molar refractivity (Wildman–Crippen MR) is 74.4 cm³/mol. The molecule has 0 aliphatic carbocycles. The molecule has 1 aliphatic heterocycles. The third-order valence-electron chi connectivity index (χ3n) is 3.78. The first-order valence-electron chi connectivity index (χ1n) is 6.47. The van der Waals surface area contributed by atoms with E-state index in [0.717, 1.165) is 0 Å². The summed E-state index contributed by atoms with van der Waals surface area (Å²) in [5.74, 6) is 0. The predicted octanol–water partition coefficient (Wildman–Crippen LogP) is -0.292. The highest BCUT2D eigenvalue weighted by molar-refractivity contribution is 5.69. The Kier molecular flexibility index (Phi) is 3.39. The van der Waals surface area contributed by atoms with Crippen LogP contribution in [0, 0.1) is 0 Å². The molecule has 0 aromatic carbocycles. The number of nitrogen functional groups attached to an aromatic ring is 1. The first-order valence-corrected chi connectivity index (χ1v) is 6.47. The fourth-order valence-corrected chi connectivity index (χ4v) is 2.62. The number of azide groups is 1. The van der Waals surface area contributed by atoms with Gasteiger partial charge in [-0.25, -0.2) is 4.52 Å². The zero-order valence-corrected chi connectivity index (χ0v) is 11.3. The number of anilines is 1. The van der Waals surface area contributed by atoms with E-state index in [2.05, 4.69) is 15.1 Å². The Balaban J connectivity index is 2.08. The Bertz CT molecular complexity index is 757. The Morgan fingerprint density at radius 3 is 2.91 bits per heavy atom. The molecule has 0 bridgehead atoms. The van der Waals surface area contributed by atoms with Crippen LogP contribution in [0.1, 0.15) is 11.8 Å². The van der Waals surface area contributed by atoms with Crippen LogP contribution in [0.3, 0.4) is 0 Å². The maximum atomic E-state index is 10.2. The van der Waals surface area contributed by atoms with Gasteiger partial charge in [0.25, 0.3) is 0 Å². The number of aliphatic hydroxyl groups is 3. The molecule has 0 spiro atoms. The lowest BCUT2D eigenvalue weighted by Crippen LogP contribution is -2.44. The van der Waals surface area contributed by atoms with Gasteiger partial charge in [0.05, 0.1) is 23.5 Å². The van der Waals surface area contributed by atoms with E-state index in [9.17, 15) is 15.3 Å². The lowest BCUT2D eigenvalue weighted by atomic mass is 10.0. The van der Waals surface area contributed by atoms with Gasteiger partial charge >= 0.3 is 0 Å². The average molecular weight is 306 g/mol. The van der Waals surface area contributed by atoms with Crippen molar-refractivity contribution >= 4 is 11.2 Å². The molecule has 3 heterocycles. The van der Waals surface area contributed by atoms with E-state index in [0.29, 0.717) is 16.9 Å². The minimum atomic E-state index is -1.94. The SMILES string of the molecule is [N-]=[N+]=N[C@]1(CO)O[C@@H](c2ccc3c(N)ccnn23)[C@H](O)[C@@H]1O. The summed E-state index contributed by atoms with van der Waals surface area (Å²) in [5.41, 5.74) is 14.0. The minimum absolute atomic E-state index is 0.414. The Labute approximate surface area is 124 Å². The molecule has 1 aliphatic rings. The summed E-state index contributed by atoms with van der Waals surface area (Å²) in [5, 5.41) is 37.1. The summed E-state index contributed by atoms with van der Waals surface area (Å²) in [7, 11) is 0. The van der Waals surface area contributed by atoms with Crippen LogP contribution in [0.25, 0.3) is 16.0 Å². The Morgan fingerprint density at radius 1 is 1.45 bits per heavy atom. The van der Waals surface area contributed by atoms with E-state index < -0.39 is 30.6 Å². The molecule has 116 valence electrons. The van der Waals surface area contributed by atoms with Gasteiger partial charge in [-0.1, -0.05) is 5.11 Å². The van der Waals surface area contributed by atoms with Gasteiger partial charge in [0.2, 0.25) is 0 Å². The fraction of sp³-hybridized carbons (Fsp3) is 0.417. The Hall–Kier alpha value is -2.36. The zero-order valence-electron chi connectivity index (χ0n) is 11.3. The largest absolute Gasteiger partial charge is 0.397 e. The maximum absolute atomic E-state index is 10.2. The third kappa shape index (κ3) is 1.90. The molecule has 22 heavy (non-hydrogen) atoms. The van der Waals surface area contributed by atoms with Crippen molar-refractivity contribution in [2.75, 3.05) is 12.3 Å². The lowest BCUT2D eigenvalue weighted by Gasteiger charge is -2.23. The molecule has 5 N–H and O–H groups in total. The van der Waals surface area contributed by atoms with Crippen LogP contribution < -0.4 is 5.73 Å². The summed E-state index contributed by atoms with van der Waals surface area (Å²) in [6, 6.07) is 4.94. The van der Waals surface area contributed by atoms with Gasteiger partial charge in [0, 0.05) is 11.1 Å². The smallest absolute Gasteiger partial charge is 0.199 e. The van der Waals surface area contributed by atoms with E-state index >= 15 is 0 Å². The number of hydrogen-bond donors (Lipinski definition) is 4. The molecule has 2 aromatic rings. The van der Waals surface area contributed by atoms with Crippen LogP contribution in [-0.4, -0.2) is 49.5 Å². The zero-order chi connectivity index (χ0) is 15.9. The first kappa shape index (κ1) is 14.6. The molecule has 4 atom stereocenters. The number of aromatic nitrogens is 2. The molecule has 2 aromatic heterocycles. The topological polar surface area (TPSA) is 162 Å². The molecule has 0 saturated carbocycles. The summed E-state index contributed by atoms with van der Waals surface area (Å²) in [6.07, 6.45) is -2.54. The van der Waals surface area contributed by atoms with E-state index in [-0.39, 0.29) is 0 Å². The highest BCUT2D eigenvalue weighted by Crippen LogP contribution is 2.41. The third-order valence-corrected chi connectivity index (χ3v) is 3.78. The quantitative estimate of drug-likeness (QED) is 0.346. The minimum Gasteiger partial charge on any atom is -0.397 e. The van der Waals surface area contributed by atoms with Crippen LogP contribution in [-0.2, 0) is 4.74 Å². The van der Waals surface area contributed by atoms with Crippen LogP contribution >= 0.6 is 0 Å². The second kappa shape index (κ2) is 5.13. The van der Waals surface area contributed by atoms with E-state index in [4.69, 9.17) is 16.0 Å². The second-order valence-corrected chi connectivity index (χ2v) is 5.01. The molecule has 1 fully saturated rings. The fourth-order valence-electron chi connectivity index (χ4n) is 2.62. The standard InChI is InChI=1S/C12H14N6O4/c13-6-3-4-15-18-7(6)1-2-8(18)10-9(20)11(21)12(5-19,22-10)16-17-14/h1-4,9-11,19-21H,5,13H2/t9-,10-,11-,12+/m0/s1. The molecule has 0 radical (unpaired) electrons. The van der Waals surface area contributed by atoms with Gasteiger partial charge in [-0.05, 0) is 23.7 Å². The molecule has 3 rings (SSSR count). The molecule has 10 nitrogen and oxygen atoms in total.